The SMILES string of the molecule is c1ccc(-c2cc(-c3c4ccccc4c(-c4ccc(-c5ccc6ccccc6c5)cc4)c4ccccc34)cc3oc4ccccc4c23)cc1. The van der Waals surface area contributed by atoms with Gasteiger partial charge in [-0.3, -0.25) is 0 Å². The number of hydrogen-bond acceptors (Lipinski definition) is 1. The van der Waals surface area contributed by atoms with E-state index < -0.39 is 0 Å². The third-order valence-corrected chi connectivity index (χ3v) is 10.0. The fourth-order valence-corrected chi connectivity index (χ4v) is 7.79. The first-order valence-corrected chi connectivity index (χ1v) is 16.8. The van der Waals surface area contributed by atoms with Gasteiger partial charge >= 0.3 is 0 Å². The smallest absolute Gasteiger partial charge is 0.136 e. The Labute approximate surface area is 284 Å². The van der Waals surface area contributed by atoms with Gasteiger partial charge < -0.3 is 4.42 Å². The topological polar surface area (TPSA) is 13.1 Å². The number of benzene rings is 9. The number of para-hydroxylation sites is 1. The molecule has 0 atom stereocenters. The van der Waals surface area contributed by atoms with Crippen molar-refractivity contribution in [2.45, 2.75) is 0 Å². The zero-order chi connectivity index (χ0) is 32.3. The second-order valence-corrected chi connectivity index (χ2v) is 12.8. The first-order valence-electron chi connectivity index (χ1n) is 16.8. The van der Waals surface area contributed by atoms with Gasteiger partial charge in [0.25, 0.3) is 0 Å². The first kappa shape index (κ1) is 27.7. The number of furan rings is 1. The highest BCUT2D eigenvalue weighted by Crippen LogP contribution is 2.47. The second-order valence-electron chi connectivity index (χ2n) is 12.8. The van der Waals surface area contributed by atoms with Crippen molar-refractivity contribution in [3.05, 3.63) is 182 Å². The van der Waals surface area contributed by atoms with Gasteiger partial charge in [0.05, 0.1) is 0 Å². The minimum Gasteiger partial charge on any atom is -0.456 e. The summed E-state index contributed by atoms with van der Waals surface area (Å²) in [5, 5.41) is 9.74. The summed E-state index contributed by atoms with van der Waals surface area (Å²) in [6.45, 7) is 0. The lowest BCUT2D eigenvalue weighted by molar-refractivity contribution is 0.669. The van der Waals surface area contributed by atoms with Crippen LogP contribution in [0.2, 0.25) is 0 Å². The van der Waals surface area contributed by atoms with E-state index in [4.69, 9.17) is 4.42 Å². The summed E-state index contributed by atoms with van der Waals surface area (Å²) < 4.78 is 6.57. The summed E-state index contributed by atoms with van der Waals surface area (Å²) in [6.07, 6.45) is 0. The van der Waals surface area contributed by atoms with E-state index in [1.807, 2.05) is 6.07 Å². The van der Waals surface area contributed by atoms with Crippen LogP contribution in [0.1, 0.15) is 0 Å². The van der Waals surface area contributed by atoms with Crippen LogP contribution in [0.5, 0.6) is 0 Å². The maximum absolute atomic E-state index is 6.57. The lowest BCUT2D eigenvalue weighted by Gasteiger charge is -2.18. The molecular weight excluding hydrogens is 593 g/mol. The molecule has 0 bridgehead atoms. The molecule has 1 aromatic heterocycles. The molecule has 1 heterocycles. The number of rotatable bonds is 4. The van der Waals surface area contributed by atoms with Gasteiger partial charge in [0, 0.05) is 10.8 Å². The van der Waals surface area contributed by atoms with Gasteiger partial charge in [-0.25, -0.2) is 0 Å². The van der Waals surface area contributed by atoms with E-state index in [2.05, 4.69) is 176 Å². The molecule has 0 amide bonds. The summed E-state index contributed by atoms with van der Waals surface area (Å²) >= 11 is 0. The van der Waals surface area contributed by atoms with E-state index in [0.717, 1.165) is 27.5 Å². The molecule has 0 aliphatic heterocycles. The minimum absolute atomic E-state index is 0.902. The molecule has 9 aromatic carbocycles. The summed E-state index contributed by atoms with van der Waals surface area (Å²) in [5.74, 6) is 0. The van der Waals surface area contributed by atoms with E-state index in [-0.39, 0.29) is 0 Å². The van der Waals surface area contributed by atoms with Crippen LogP contribution in [0.4, 0.5) is 0 Å². The Morgan fingerprint density at radius 2 is 0.816 bits per heavy atom. The van der Waals surface area contributed by atoms with Crippen molar-refractivity contribution < 1.29 is 4.42 Å². The molecule has 10 rings (SSSR count). The third kappa shape index (κ3) is 4.47. The molecule has 1 nitrogen and oxygen atoms in total. The van der Waals surface area contributed by atoms with Crippen LogP contribution in [-0.4, -0.2) is 0 Å². The van der Waals surface area contributed by atoms with E-state index in [1.54, 1.807) is 0 Å². The molecule has 0 fully saturated rings. The fourth-order valence-electron chi connectivity index (χ4n) is 7.79. The van der Waals surface area contributed by atoms with Crippen LogP contribution in [0.3, 0.4) is 0 Å². The average Bonchev–Trinajstić information content (AvgIpc) is 3.55. The second kappa shape index (κ2) is 11.1. The largest absolute Gasteiger partial charge is 0.456 e. The zero-order valence-electron chi connectivity index (χ0n) is 26.7. The average molecular weight is 623 g/mol. The highest BCUT2D eigenvalue weighted by Gasteiger charge is 2.20. The molecule has 0 N–H and O–H groups in total. The van der Waals surface area contributed by atoms with Crippen molar-refractivity contribution in [2.75, 3.05) is 0 Å². The van der Waals surface area contributed by atoms with Crippen molar-refractivity contribution in [3.63, 3.8) is 0 Å². The number of fused-ring (bicyclic) bond motifs is 6. The van der Waals surface area contributed by atoms with Gasteiger partial charge in [-0.05, 0) is 101 Å². The standard InChI is InChI=1S/C48H30O/c1-2-13-33(14-3-1)43-29-37(30-45-48(43)42-20-10-11-21-44(42)49-45)47-40-18-8-6-16-38(40)46(39-17-7-9-19-41(39)47)34-25-22-32(23-26-34)36-27-24-31-12-4-5-15-35(31)28-36/h1-30H. The first-order chi connectivity index (χ1) is 24.3. The van der Waals surface area contributed by atoms with Crippen LogP contribution in [-0.2, 0) is 0 Å². The van der Waals surface area contributed by atoms with Gasteiger partial charge in [0.1, 0.15) is 11.2 Å². The fraction of sp³-hybridized carbons (Fsp3) is 0. The van der Waals surface area contributed by atoms with Crippen LogP contribution in [0.25, 0.3) is 98.8 Å². The molecule has 0 aliphatic carbocycles. The lowest BCUT2D eigenvalue weighted by Crippen LogP contribution is -1.92. The van der Waals surface area contributed by atoms with Crippen LogP contribution in [0.15, 0.2) is 186 Å². The molecule has 49 heavy (non-hydrogen) atoms. The Hall–Kier alpha value is -6.44. The molecule has 0 aliphatic rings. The highest BCUT2D eigenvalue weighted by atomic mass is 16.3. The summed E-state index contributed by atoms with van der Waals surface area (Å²) in [7, 11) is 0. The molecular formula is C48H30O. The molecule has 0 unspecified atom stereocenters. The van der Waals surface area contributed by atoms with Gasteiger partial charge in [0.2, 0.25) is 0 Å². The van der Waals surface area contributed by atoms with Crippen LogP contribution >= 0.6 is 0 Å². The predicted octanol–water partition coefficient (Wildman–Crippen LogP) is 13.7. The molecule has 0 saturated heterocycles. The minimum atomic E-state index is 0.902. The molecule has 228 valence electrons. The van der Waals surface area contributed by atoms with Crippen molar-refractivity contribution >= 4 is 54.3 Å². The maximum atomic E-state index is 6.57. The van der Waals surface area contributed by atoms with Crippen molar-refractivity contribution in [1.82, 2.24) is 0 Å². The molecule has 0 saturated carbocycles. The van der Waals surface area contributed by atoms with Crippen molar-refractivity contribution in [3.8, 4) is 44.5 Å². The maximum Gasteiger partial charge on any atom is 0.136 e. The zero-order valence-corrected chi connectivity index (χ0v) is 26.7. The third-order valence-electron chi connectivity index (χ3n) is 10.0. The molecule has 1 heteroatoms. The predicted molar refractivity (Wildman–Crippen MR) is 208 cm³/mol. The molecule has 0 spiro atoms. The van der Waals surface area contributed by atoms with E-state index in [9.17, 15) is 0 Å². The van der Waals surface area contributed by atoms with Gasteiger partial charge in [-0.15, -0.1) is 0 Å². The summed E-state index contributed by atoms with van der Waals surface area (Å²) in [6, 6.07) is 65.7. The number of hydrogen-bond donors (Lipinski definition) is 0. The Morgan fingerprint density at radius 1 is 0.286 bits per heavy atom. The summed E-state index contributed by atoms with van der Waals surface area (Å²) in [5.41, 5.74) is 11.4. The van der Waals surface area contributed by atoms with E-state index in [1.165, 1.54) is 71.3 Å². The Kier molecular flexibility index (Phi) is 6.25. The lowest BCUT2D eigenvalue weighted by atomic mass is 9.84. The van der Waals surface area contributed by atoms with E-state index >= 15 is 0 Å². The van der Waals surface area contributed by atoms with Crippen LogP contribution in [0, 0.1) is 0 Å². The van der Waals surface area contributed by atoms with Crippen molar-refractivity contribution in [1.29, 1.82) is 0 Å². The molecule has 10 aromatic rings. The Bertz CT molecular complexity index is 2800. The monoisotopic (exact) mass is 622 g/mol. The van der Waals surface area contributed by atoms with Crippen LogP contribution < -0.4 is 0 Å². The Balaban J connectivity index is 1.21. The summed E-state index contributed by atoms with van der Waals surface area (Å²) in [4.78, 5) is 0. The van der Waals surface area contributed by atoms with Gasteiger partial charge in [0.15, 0.2) is 0 Å². The van der Waals surface area contributed by atoms with Gasteiger partial charge in [-0.1, -0.05) is 158 Å². The normalized spacial score (nSPS) is 11.7. The van der Waals surface area contributed by atoms with E-state index in [0.29, 0.717) is 0 Å². The quantitative estimate of drug-likeness (QED) is 0.178. The molecule has 0 radical (unpaired) electrons. The highest BCUT2D eigenvalue weighted by molar-refractivity contribution is 6.23. The van der Waals surface area contributed by atoms with Crippen molar-refractivity contribution in [2.24, 2.45) is 0 Å². The van der Waals surface area contributed by atoms with Gasteiger partial charge in [-0.2, -0.15) is 0 Å². The Morgan fingerprint density at radius 3 is 1.51 bits per heavy atom.